The van der Waals surface area contributed by atoms with E-state index < -0.39 is 0 Å². The Balaban J connectivity index is 0.000000206. The third-order valence-electron chi connectivity index (χ3n) is 1.13. The van der Waals surface area contributed by atoms with E-state index in [1.165, 1.54) is 0 Å². The van der Waals surface area contributed by atoms with Crippen LogP contribution < -0.4 is 0 Å². The number of rotatable bonds is 0. The predicted octanol–water partition coefficient (Wildman–Crippen LogP) is 1.78. The summed E-state index contributed by atoms with van der Waals surface area (Å²) in [5, 5.41) is 0. The molecule has 1 radical (unpaired) electrons. The predicted molar refractivity (Wildman–Crippen MR) is 54.2 cm³/mol. The molecule has 3 heteroatoms. The summed E-state index contributed by atoms with van der Waals surface area (Å²) in [6, 6.07) is 11.4. The average molecular weight is 165 g/mol. The second-order valence-corrected chi connectivity index (χ2v) is 2.05. The molecule has 0 fully saturated rings. The van der Waals surface area contributed by atoms with Crippen LogP contribution in [0.1, 0.15) is 0 Å². The van der Waals surface area contributed by atoms with Gasteiger partial charge in [-0.05, 0) is 24.3 Å². The van der Waals surface area contributed by atoms with Gasteiger partial charge in [-0.25, -0.2) is 0 Å². The minimum atomic E-state index is 0. The third kappa shape index (κ3) is 7.26. The molecule has 0 bridgehead atoms. The molecule has 0 N–H and O–H groups in total. The van der Waals surface area contributed by atoms with Crippen molar-refractivity contribution in [2.75, 3.05) is 0 Å². The summed E-state index contributed by atoms with van der Waals surface area (Å²) in [5.41, 5.74) is 0. The quantitative estimate of drug-likeness (QED) is 0.556. The van der Waals surface area contributed by atoms with Gasteiger partial charge in [0.05, 0.1) is 0 Å². The largest absolute Gasteiger partial charge is 0.265 e. The van der Waals surface area contributed by atoms with Gasteiger partial charge in [-0.3, -0.25) is 9.97 Å². The molecule has 0 aliphatic heterocycles. The van der Waals surface area contributed by atoms with Gasteiger partial charge in [-0.2, -0.15) is 0 Å². The molecule has 0 unspecified atom stereocenters. The van der Waals surface area contributed by atoms with Crippen molar-refractivity contribution in [1.29, 1.82) is 0 Å². The Morgan fingerprint density at radius 1 is 0.462 bits per heavy atom. The van der Waals surface area contributed by atoms with Crippen molar-refractivity contribution < 1.29 is 0 Å². The Hall–Kier alpha value is -1.10. The fraction of sp³-hybridized carbons (Fsp3) is 0. The molecule has 0 spiro atoms. The SMILES string of the molecule is [Li].c1ccncc1.c1ccncc1. The van der Waals surface area contributed by atoms with Crippen LogP contribution in [-0.2, 0) is 0 Å². The van der Waals surface area contributed by atoms with Crippen LogP contribution in [0, 0.1) is 0 Å². The van der Waals surface area contributed by atoms with Crippen LogP contribution in [0.2, 0.25) is 0 Å². The Morgan fingerprint density at radius 2 is 0.769 bits per heavy atom. The van der Waals surface area contributed by atoms with Crippen molar-refractivity contribution in [1.82, 2.24) is 9.97 Å². The third-order valence-corrected chi connectivity index (χ3v) is 1.13. The molecule has 0 saturated carbocycles. The van der Waals surface area contributed by atoms with Crippen LogP contribution in [0.5, 0.6) is 0 Å². The van der Waals surface area contributed by atoms with Crippen molar-refractivity contribution in [2.24, 2.45) is 0 Å². The molecule has 0 aliphatic carbocycles. The maximum atomic E-state index is 3.78. The second-order valence-electron chi connectivity index (χ2n) is 2.05. The number of nitrogens with zero attached hydrogens (tertiary/aromatic N) is 2. The summed E-state index contributed by atoms with van der Waals surface area (Å²) in [4.78, 5) is 7.57. The van der Waals surface area contributed by atoms with Gasteiger partial charge in [0.2, 0.25) is 0 Å². The summed E-state index contributed by atoms with van der Waals surface area (Å²) in [6.45, 7) is 0. The normalized spacial score (nSPS) is 7.38. The summed E-state index contributed by atoms with van der Waals surface area (Å²) >= 11 is 0. The first-order valence-electron chi connectivity index (χ1n) is 3.70. The summed E-state index contributed by atoms with van der Waals surface area (Å²) in [7, 11) is 0. The Bertz CT molecular complexity index is 188. The molecule has 2 rings (SSSR count). The molecular formula is C10H10LiN2. The first kappa shape index (κ1) is 11.9. The zero-order chi connectivity index (χ0) is 8.49. The van der Waals surface area contributed by atoms with Gasteiger partial charge in [0.15, 0.2) is 0 Å². The molecule has 2 aromatic rings. The molecule has 2 nitrogen and oxygen atoms in total. The van der Waals surface area contributed by atoms with E-state index in [4.69, 9.17) is 0 Å². The zero-order valence-corrected chi connectivity index (χ0v) is 7.67. The maximum absolute atomic E-state index is 3.78. The van der Waals surface area contributed by atoms with E-state index in [1.54, 1.807) is 24.8 Å². The van der Waals surface area contributed by atoms with Gasteiger partial charge in [0, 0.05) is 43.6 Å². The molecule has 0 aliphatic rings. The second kappa shape index (κ2) is 8.99. The number of hydrogen-bond acceptors (Lipinski definition) is 2. The van der Waals surface area contributed by atoms with Gasteiger partial charge in [0.1, 0.15) is 0 Å². The molecule has 2 heterocycles. The minimum absolute atomic E-state index is 0. The van der Waals surface area contributed by atoms with E-state index in [2.05, 4.69) is 9.97 Å². The standard InChI is InChI=1S/2C5H5N.Li/c2*1-2-4-6-5-3-1;/h2*1-5H;. The van der Waals surface area contributed by atoms with E-state index in [-0.39, 0.29) is 18.9 Å². The maximum Gasteiger partial charge on any atom is 0.0267 e. The molecule has 0 amide bonds. The van der Waals surface area contributed by atoms with Gasteiger partial charge in [-0.1, -0.05) is 12.1 Å². The fourth-order valence-corrected chi connectivity index (χ4v) is 0.625. The van der Waals surface area contributed by atoms with Crippen LogP contribution >= 0.6 is 0 Å². The van der Waals surface area contributed by atoms with E-state index in [0.29, 0.717) is 0 Å². The van der Waals surface area contributed by atoms with E-state index >= 15 is 0 Å². The Morgan fingerprint density at radius 3 is 0.846 bits per heavy atom. The van der Waals surface area contributed by atoms with Crippen LogP contribution in [0.3, 0.4) is 0 Å². The monoisotopic (exact) mass is 165 g/mol. The molecule has 2 aromatic heterocycles. The number of aromatic nitrogens is 2. The summed E-state index contributed by atoms with van der Waals surface area (Å²) in [5.74, 6) is 0. The van der Waals surface area contributed by atoms with Crippen LogP contribution in [-0.4, -0.2) is 28.8 Å². The molecular weight excluding hydrogens is 155 g/mol. The van der Waals surface area contributed by atoms with E-state index in [1.807, 2.05) is 36.4 Å². The molecule has 13 heavy (non-hydrogen) atoms. The first-order chi connectivity index (χ1) is 6.00. The molecule has 0 atom stereocenters. The van der Waals surface area contributed by atoms with Crippen molar-refractivity contribution in [2.45, 2.75) is 0 Å². The van der Waals surface area contributed by atoms with Gasteiger partial charge < -0.3 is 0 Å². The minimum Gasteiger partial charge on any atom is -0.265 e. The van der Waals surface area contributed by atoms with Crippen LogP contribution in [0.15, 0.2) is 61.2 Å². The van der Waals surface area contributed by atoms with Crippen molar-refractivity contribution in [3.8, 4) is 0 Å². The molecule has 61 valence electrons. The molecule has 0 saturated heterocycles. The van der Waals surface area contributed by atoms with Crippen LogP contribution in [0.4, 0.5) is 0 Å². The van der Waals surface area contributed by atoms with Crippen molar-refractivity contribution in [3.05, 3.63) is 61.2 Å². The van der Waals surface area contributed by atoms with Gasteiger partial charge in [0.25, 0.3) is 0 Å². The van der Waals surface area contributed by atoms with Crippen molar-refractivity contribution >= 4 is 18.9 Å². The van der Waals surface area contributed by atoms with Crippen LogP contribution in [0.25, 0.3) is 0 Å². The summed E-state index contributed by atoms with van der Waals surface area (Å²) in [6.07, 6.45) is 7.00. The zero-order valence-electron chi connectivity index (χ0n) is 7.67. The van der Waals surface area contributed by atoms with E-state index in [9.17, 15) is 0 Å². The van der Waals surface area contributed by atoms with Gasteiger partial charge in [-0.15, -0.1) is 0 Å². The Kier molecular flexibility index (Phi) is 8.23. The Labute approximate surface area is 90.2 Å². The number of hydrogen-bond donors (Lipinski definition) is 0. The van der Waals surface area contributed by atoms with E-state index in [0.717, 1.165) is 0 Å². The topological polar surface area (TPSA) is 25.8 Å². The number of pyridine rings is 2. The van der Waals surface area contributed by atoms with Crippen molar-refractivity contribution in [3.63, 3.8) is 0 Å². The fourth-order valence-electron chi connectivity index (χ4n) is 0.625. The summed E-state index contributed by atoms with van der Waals surface area (Å²) < 4.78 is 0. The van der Waals surface area contributed by atoms with Gasteiger partial charge >= 0.3 is 0 Å². The average Bonchev–Trinajstić information content (AvgIpc) is 2.24. The first-order valence-corrected chi connectivity index (χ1v) is 3.70. The smallest absolute Gasteiger partial charge is 0.0267 e. The molecule has 0 aromatic carbocycles.